The molecule has 0 aromatic rings. The molecule has 0 aliphatic heterocycles. The number of hydrogen-bond acceptors (Lipinski definition) is 2. The second kappa shape index (κ2) is 3.85. The molecule has 0 N–H and O–H groups in total. The average molecular weight is 170 g/mol. The third-order valence-electron chi connectivity index (χ3n) is 1.82. The summed E-state index contributed by atoms with van der Waals surface area (Å²) < 4.78 is 10.5. The Kier molecular flexibility index (Phi) is 3.05. The normalized spacial score (nSPS) is 22.9. The van der Waals surface area contributed by atoms with Crippen LogP contribution in [0.3, 0.4) is 0 Å². The molecule has 1 unspecified atom stereocenters. The monoisotopic (exact) mass is 170 g/mol. The lowest BCUT2D eigenvalue weighted by Gasteiger charge is -2.14. The second-order valence-electron chi connectivity index (χ2n) is 2.69. The van der Waals surface area contributed by atoms with E-state index in [-0.39, 0.29) is 0 Å². The lowest BCUT2D eigenvalue weighted by molar-refractivity contribution is 0.275. The fourth-order valence-electron chi connectivity index (χ4n) is 1.26. The molecule has 62 valence electrons. The molecule has 2 nitrogen and oxygen atoms in total. The van der Waals surface area contributed by atoms with Crippen LogP contribution >= 0.6 is 0 Å². The van der Waals surface area contributed by atoms with Crippen LogP contribution in [0.2, 0.25) is 5.54 Å². The summed E-state index contributed by atoms with van der Waals surface area (Å²) in [7, 11) is 1.99. The molecule has 0 bridgehead atoms. The van der Waals surface area contributed by atoms with Crippen LogP contribution < -0.4 is 0 Å². The first kappa shape index (κ1) is 8.71. The summed E-state index contributed by atoms with van der Waals surface area (Å²) in [4.78, 5) is 0. The Hall–Kier alpha value is -0.383. The SMILES string of the molecule is CO[SiH](OC)C1C=CC(C)=C1. The third kappa shape index (κ3) is 2.02. The smallest absolute Gasteiger partial charge is 0.331 e. The summed E-state index contributed by atoms with van der Waals surface area (Å²) in [5, 5.41) is 0. The maximum Gasteiger partial charge on any atom is 0.331 e. The molecule has 0 heterocycles. The minimum Gasteiger partial charge on any atom is -0.399 e. The van der Waals surface area contributed by atoms with Crippen LogP contribution in [0.4, 0.5) is 0 Å². The second-order valence-corrected chi connectivity index (χ2v) is 5.14. The van der Waals surface area contributed by atoms with Gasteiger partial charge in [0, 0.05) is 19.8 Å². The Labute approximate surface area is 69.4 Å². The highest BCUT2D eigenvalue weighted by Gasteiger charge is 2.21. The van der Waals surface area contributed by atoms with Crippen molar-refractivity contribution in [3.63, 3.8) is 0 Å². The number of allylic oxidation sites excluding steroid dienone is 4. The van der Waals surface area contributed by atoms with Crippen LogP contribution in [0, 0.1) is 0 Å². The van der Waals surface area contributed by atoms with E-state index in [2.05, 4.69) is 25.2 Å². The average Bonchev–Trinajstić information content (AvgIpc) is 2.39. The van der Waals surface area contributed by atoms with Crippen molar-refractivity contribution >= 4 is 9.28 Å². The first-order valence-electron chi connectivity index (χ1n) is 3.70. The predicted molar refractivity (Wildman–Crippen MR) is 47.8 cm³/mol. The van der Waals surface area contributed by atoms with E-state index in [1.165, 1.54) is 5.57 Å². The Morgan fingerprint density at radius 3 is 2.36 bits per heavy atom. The molecule has 0 aromatic carbocycles. The molecule has 0 fully saturated rings. The van der Waals surface area contributed by atoms with Gasteiger partial charge in [-0.15, -0.1) is 0 Å². The summed E-state index contributed by atoms with van der Waals surface area (Å²) >= 11 is 0. The van der Waals surface area contributed by atoms with Crippen molar-refractivity contribution in [2.75, 3.05) is 14.2 Å². The molecular formula is C8H14O2Si. The highest BCUT2D eigenvalue weighted by molar-refractivity contribution is 6.48. The molecule has 1 aliphatic carbocycles. The fraction of sp³-hybridized carbons (Fsp3) is 0.500. The molecule has 0 saturated heterocycles. The zero-order valence-electron chi connectivity index (χ0n) is 7.20. The summed E-state index contributed by atoms with van der Waals surface area (Å²) in [5.41, 5.74) is 1.73. The van der Waals surface area contributed by atoms with Gasteiger partial charge in [0.05, 0.1) is 0 Å². The lowest BCUT2D eigenvalue weighted by atomic mass is 10.3. The predicted octanol–water partition coefficient (Wildman–Crippen LogP) is 1.39. The van der Waals surface area contributed by atoms with Gasteiger partial charge in [0.2, 0.25) is 0 Å². The standard InChI is InChI=1S/C8H14O2Si/c1-7-4-5-8(6-7)11(9-2)10-3/h4-6,8,11H,1-3H3. The van der Waals surface area contributed by atoms with Crippen LogP contribution in [0.25, 0.3) is 0 Å². The maximum atomic E-state index is 5.25. The first-order valence-corrected chi connectivity index (χ1v) is 5.31. The minimum absolute atomic E-state index is 0.421. The summed E-state index contributed by atoms with van der Waals surface area (Å²) in [6.45, 7) is 2.09. The van der Waals surface area contributed by atoms with Gasteiger partial charge in [-0.25, -0.2) is 0 Å². The highest BCUT2D eigenvalue weighted by Crippen LogP contribution is 2.24. The molecule has 0 radical (unpaired) electrons. The molecule has 0 aromatic heterocycles. The van der Waals surface area contributed by atoms with E-state index in [1.54, 1.807) is 14.2 Å². The van der Waals surface area contributed by atoms with Crippen LogP contribution in [0.15, 0.2) is 23.8 Å². The van der Waals surface area contributed by atoms with Crippen LogP contribution in [-0.2, 0) is 8.85 Å². The molecule has 3 heteroatoms. The number of rotatable bonds is 3. The van der Waals surface area contributed by atoms with Gasteiger partial charge in [0.25, 0.3) is 0 Å². The Morgan fingerprint density at radius 2 is 2.00 bits per heavy atom. The van der Waals surface area contributed by atoms with Gasteiger partial charge >= 0.3 is 9.28 Å². The van der Waals surface area contributed by atoms with Gasteiger partial charge < -0.3 is 8.85 Å². The van der Waals surface area contributed by atoms with Crippen molar-refractivity contribution in [2.24, 2.45) is 0 Å². The summed E-state index contributed by atoms with van der Waals surface area (Å²) in [6, 6.07) is 0. The van der Waals surface area contributed by atoms with Crippen molar-refractivity contribution in [1.82, 2.24) is 0 Å². The van der Waals surface area contributed by atoms with Gasteiger partial charge in [-0.2, -0.15) is 0 Å². The molecule has 1 rings (SSSR count). The Morgan fingerprint density at radius 1 is 1.36 bits per heavy atom. The third-order valence-corrected chi connectivity index (χ3v) is 3.79. The van der Waals surface area contributed by atoms with Crippen LogP contribution in [0.5, 0.6) is 0 Å². The Balaban J connectivity index is 2.55. The minimum atomic E-state index is -1.45. The van der Waals surface area contributed by atoms with E-state index in [9.17, 15) is 0 Å². The van der Waals surface area contributed by atoms with E-state index in [0.29, 0.717) is 5.54 Å². The molecule has 11 heavy (non-hydrogen) atoms. The van der Waals surface area contributed by atoms with E-state index < -0.39 is 9.28 Å². The fourth-order valence-corrected chi connectivity index (χ4v) is 2.83. The molecular weight excluding hydrogens is 156 g/mol. The van der Waals surface area contributed by atoms with Gasteiger partial charge in [-0.1, -0.05) is 23.8 Å². The van der Waals surface area contributed by atoms with Crippen LogP contribution in [-0.4, -0.2) is 23.5 Å². The maximum absolute atomic E-state index is 5.25. The van der Waals surface area contributed by atoms with Crippen molar-refractivity contribution < 1.29 is 8.85 Å². The van der Waals surface area contributed by atoms with Crippen molar-refractivity contribution in [3.05, 3.63) is 23.8 Å². The molecule has 0 spiro atoms. The van der Waals surface area contributed by atoms with Crippen molar-refractivity contribution in [1.29, 1.82) is 0 Å². The topological polar surface area (TPSA) is 18.5 Å². The quantitative estimate of drug-likeness (QED) is 0.596. The van der Waals surface area contributed by atoms with Gasteiger partial charge in [-0.05, 0) is 6.92 Å². The van der Waals surface area contributed by atoms with E-state index in [1.807, 2.05) is 0 Å². The van der Waals surface area contributed by atoms with Crippen LogP contribution in [0.1, 0.15) is 6.92 Å². The largest absolute Gasteiger partial charge is 0.399 e. The zero-order valence-corrected chi connectivity index (χ0v) is 8.36. The van der Waals surface area contributed by atoms with Gasteiger partial charge in [0.15, 0.2) is 0 Å². The van der Waals surface area contributed by atoms with Crippen molar-refractivity contribution in [2.45, 2.75) is 12.5 Å². The first-order chi connectivity index (χ1) is 5.27. The molecule has 0 amide bonds. The molecule has 0 saturated carbocycles. The molecule has 1 aliphatic rings. The van der Waals surface area contributed by atoms with Gasteiger partial charge in [-0.3, -0.25) is 0 Å². The van der Waals surface area contributed by atoms with Gasteiger partial charge in [0.1, 0.15) is 0 Å². The van der Waals surface area contributed by atoms with Crippen molar-refractivity contribution in [3.8, 4) is 0 Å². The zero-order chi connectivity index (χ0) is 8.27. The molecule has 1 atom stereocenters. The number of hydrogen-bond donors (Lipinski definition) is 0. The van der Waals surface area contributed by atoms with E-state index >= 15 is 0 Å². The lowest BCUT2D eigenvalue weighted by Crippen LogP contribution is -2.23. The summed E-state index contributed by atoms with van der Waals surface area (Å²) in [5.74, 6) is 0. The van der Waals surface area contributed by atoms with E-state index in [4.69, 9.17) is 8.85 Å². The van der Waals surface area contributed by atoms with E-state index in [0.717, 1.165) is 0 Å². The Bertz CT molecular complexity index is 183. The highest BCUT2D eigenvalue weighted by atomic mass is 28.3. The summed E-state index contributed by atoms with van der Waals surface area (Å²) in [6.07, 6.45) is 6.46.